The molecule has 7 heteroatoms. The first kappa shape index (κ1) is 17.3. The third-order valence-electron chi connectivity index (χ3n) is 3.29. The van der Waals surface area contributed by atoms with Crippen molar-refractivity contribution in [2.75, 3.05) is 13.7 Å². The van der Waals surface area contributed by atoms with E-state index in [2.05, 4.69) is 5.32 Å². The predicted molar refractivity (Wildman–Crippen MR) is 88.0 cm³/mol. The van der Waals surface area contributed by atoms with Crippen LogP contribution in [0.2, 0.25) is 0 Å². The number of carbonyl (C=O) groups is 1. The molecule has 0 atom stereocenters. The number of non-ortho nitro benzene ring substituents is 1. The maximum atomic E-state index is 11.8. The van der Waals surface area contributed by atoms with Crippen molar-refractivity contribution in [1.29, 1.82) is 0 Å². The molecular weight excluding hydrogens is 312 g/mol. The van der Waals surface area contributed by atoms with Gasteiger partial charge in [0.1, 0.15) is 11.5 Å². The summed E-state index contributed by atoms with van der Waals surface area (Å²) in [5.74, 6) is 1.12. The minimum Gasteiger partial charge on any atom is -0.497 e. The van der Waals surface area contributed by atoms with Gasteiger partial charge < -0.3 is 14.8 Å². The highest BCUT2D eigenvalue weighted by Crippen LogP contribution is 2.17. The molecule has 2 rings (SSSR count). The van der Waals surface area contributed by atoms with Gasteiger partial charge in [0.25, 0.3) is 5.69 Å². The van der Waals surface area contributed by atoms with Crippen LogP contribution in [-0.4, -0.2) is 24.5 Å². The largest absolute Gasteiger partial charge is 0.497 e. The lowest BCUT2D eigenvalue weighted by atomic mass is 10.2. The number of rotatable bonds is 8. The fraction of sp³-hybridized carbons (Fsp3) is 0.235. The number of amides is 1. The standard InChI is InChI=1S/C17H18N2O5/c1-23-15-6-2-13(3-7-15)12-18-17(20)10-11-24-16-8-4-14(5-9-16)19(21)22/h2-9H,10-12H2,1H3,(H,18,20). The molecule has 0 unspecified atom stereocenters. The Kier molecular flexibility index (Phi) is 6.13. The molecule has 0 saturated heterocycles. The molecular formula is C17H18N2O5. The maximum absolute atomic E-state index is 11.8. The van der Waals surface area contributed by atoms with Crippen molar-refractivity contribution in [3.05, 3.63) is 64.2 Å². The van der Waals surface area contributed by atoms with E-state index in [0.717, 1.165) is 11.3 Å². The Labute approximate surface area is 139 Å². The zero-order valence-corrected chi connectivity index (χ0v) is 13.2. The second-order valence-corrected chi connectivity index (χ2v) is 4.97. The van der Waals surface area contributed by atoms with Gasteiger partial charge in [0.15, 0.2) is 0 Å². The van der Waals surface area contributed by atoms with Crippen LogP contribution in [0.1, 0.15) is 12.0 Å². The molecule has 0 radical (unpaired) electrons. The minimum absolute atomic E-state index is 0.000385. The number of carbonyl (C=O) groups excluding carboxylic acids is 1. The van der Waals surface area contributed by atoms with Crippen LogP contribution in [0.25, 0.3) is 0 Å². The van der Waals surface area contributed by atoms with E-state index in [1.165, 1.54) is 24.3 Å². The summed E-state index contributed by atoms with van der Waals surface area (Å²) in [6.07, 6.45) is 0.202. The lowest BCUT2D eigenvalue weighted by molar-refractivity contribution is -0.384. The third-order valence-corrected chi connectivity index (χ3v) is 3.29. The van der Waals surface area contributed by atoms with Crippen molar-refractivity contribution in [3.8, 4) is 11.5 Å². The molecule has 0 aliphatic heterocycles. The van der Waals surface area contributed by atoms with Crippen LogP contribution >= 0.6 is 0 Å². The Morgan fingerprint density at radius 2 is 1.71 bits per heavy atom. The summed E-state index contributed by atoms with van der Waals surface area (Å²) >= 11 is 0. The van der Waals surface area contributed by atoms with Crippen molar-refractivity contribution in [2.45, 2.75) is 13.0 Å². The number of methoxy groups -OCH3 is 1. The SMILES string of the molecule is COc1ccc(CNC(=O)CCOc2ccc([N+](=O)[O-])cc2)cc1. The Morgan fingerprint density at radius 3 is 2.29 bits per heavy atom. The molecule has 0 spiro atoms. The van der Waals surface area contributed by atoms with Crippen LogP contribution in [0.4, 0.5) is 5.69 Å². The Hall–Kier alpha value is -3.09. The van der Waals surface area contributed by atoms with E-state index in [1.807, 2.05) is 24.3 Å². The van der Waals surface area contributed by atoms with Gasteiger partial charge >= 0.3 is 0 Å². The van der Waals surface area contributed by atoms with Crippen molar-refractivity contribution in [1.82, 2.24) is 5.32 Å². The van der Waals surface area contributed by atoms with Crippen LogP contribution < -0.4 is 14.8 Å². The summed E-state index contributed by atoms with van der Waals surface area (Å²) in [5, 5.41) is 13.3. The molecule has 24 heavy (non-hydrogen) atoms. The number of hydrogen-bond acceptors (Lipinski definition) is 5. The molecule has 2 aromatic carbocycles. The van der Waals surface area contributed by atoms with Gasteiger partial charge in [-0.25, -0.2) is 0 Å². The Morgan fingerprint density at radius 1 is 1.08 bits per heavy atom. The van der Waals surface area contributed by atoms with Crippen molar-refractivity contribution >= 4 is 11.6 Å². The zero-order valence-electron chi connectivity index (χ0n) is 13.2. The molecule has 0 aliphatic rings. The molecule has 1 N–H and O–H groups in total. The van der Waals surface area contributed by atoms with E-state index in [0.29, 0.717) is 12.3 Å². The average molecular weight is 330 g/mol. The van der Waals surface area contributed by atoms with Gasteiger partial charge in [-0.05, 0) is 29.8 Å². The molecule has 0 bridgehead atoms. The summed E-state index contributed by atoms with van der Waals surface area (Å²) in [5.41, 5.74) is 0.972. The number of nitro benzene ring substituents is 1. The van der Waals surface area contributed by atoms with Crippen molar-refractivity contribution < 1.29 is 19.2 Å². The molecule has 0 aromatic heterocycles. The minimum atomic E-state index is -0.476. The summed E-state index contributed by atoms with van der Waals surface area (Å²) in [6, 6.07) is 13.2. The number of ether oxygens (including phenoxy) is 2. The normalized spacial score (nSPS) is 10.0. The Bertz CT molecular complexity index is 683. The number of hydrogen-bond donors (Lipinski definition) is 1. The van der Waals surface area contributed by atoms with Gasteiger partial charge in [-0.15, -0.1) is 0 Å². The maximum Gasteiger partial charge on any atom is 0.269 e. The zero-order chi connectivity index (χ0) is 17.4. The number of nitrogens with zero attached hydrogens (tertiary/aromatic N) is 1. The van der Waals surface area contributed by atoms with Crippen LogP contribution in [0.15, 0.2) is 48.5 Å². The summed E-state index contributed by atoms with van der Waals surface area (Å²) in [6.45, 7) is 0.632. The fourth-order valence-corrected chi connectivity index (χ4v) is 1.96. The quantitative estimate of drug-likeness (QED) is 0.593. The van der Waals surface area contributed by atoms with Crippen LogP contribution in [-0.2, 0) is 11.3 Å². The highest BCUT2D eigenvalue weighted by molar-refractivity contribution is 5.76. The molecule has 0 saturated carbocycles. The molecule has 7 nitrogen and oxygen atoms in total. The first-order valence-electron chi connectivity index (χ1n) is 7.35. The Balaban J connectivity index is 1.69. The molecule has 1 amide bonds. The van der Waals surface area contributed by atoms with Crippen molar-refractivity contribution in [3.63, 3.8) is 0 Å². The lowest BCUT2D eigenvalue weighted by Crippen LogP contribution is -2.24. The first-order chi connectivity index (χ1) is 11.6. The van der Waals surface area contributed by atoms with Crippen LogP contribution in [0, 0.1) is 10.1 Å². The predicted octanol–water partition coefficient (Wildman–Crippen LogP) is 2.69. The molecule has 2 aromatic rings. The van der Waals surface area contributed by atoms with Gasteiger partial charge in [-0.2, -0.15) is 0 Å². The number of benzene rings is 2. The second-order valence-electron chi connectivity index (χ2n) is 4.97. The molecule has 126 valence electrons. The second kappa shape index (κ2) is 8.52. The summed E-state index contributed by atoms with van der Waals surface area (Å²) in [7, 11) is 1.60. The van der Waals surface area contributed by atoms with Gasteiger partial charge in [0, 0.05) is 18.7 Å². The smallest absolute Gasteiger partial charge is 0.269 e. The molecule has 0 fully saturated rings. The molecule has 0 aliphatic carbocycles. The number of nitrogens with one attached hydrogen (secondary N) is 1. The van der Waals surface area contributed by atoms with E-state index in [-0.39, 0.29) is 24.6 Å². The van der Waals surface area contributed by atoms with E-state index < -0.39 is 4.92 Å². The highest BCUT2D eigenvalue weighted by atomic mass is 16.6. The van der Waals surface area contributed by atoms with E-state index in [4.69, 9.17) is 9.47 Å². The monoisotopic (exact) mass is 330 g/mol. The summed E-state index contributed by atoms with van der Waals surface area (Å²) < 4.78 is 10.5. The third kappa shape index (κ3) is 5.28. The topological polar surface area (TPSA) is 90.7 Å². The summed E-state index contributed by atoms with van der Waals surface area (Å²) in [4.78, 5) is 21.8. The van der Waals surface area contributed by atoms with Gasteiger partial charge in [0.05, 0.1) is 25.1 Å². The van der Waals surface area contributed by atoms with Crippen molar-refractivity contribution in [2.24, 2.45) is 0 Å². The average Bonchev–Trinajstić information content (AvgIpc) is 2.61. The van der Waals surface area contributed by atoms with E-state index >= 15 is 0 Å². The lowest BCUT2D eigenvalue weighted by Gasteiger charge is -2.08. The fourth-order valence-electron chi connectivity index (χ4n) is 1.96. The first-order valence-corrected chi connectivity index (χ1v) is 7.35. The van der Waals surface area contributed by atoms with Gasteiger partial charge in [-0.1, -0.05) is 12.1 Å². The van der Waals surface area contributed by atoms with E-state index in [1.54, 1.807) is 7.11 Å². The van der Waals surface area contributed by atoms with E-state index in [9.17, 15) is 14.9 Å². The van der Waals surface area contributed by atoms with Gasteiger partial charge in [-0.3, -0.25) is 14.9 Å². The number of nitro groups is 1. The highest BCUT2D eigenvalue weighted by Gasteiger charge is 2.06. The van der Waals surface area contributed by atoms with Crippen LogP contribution in [0.5, 0.6) is 11.5 Å². The van der Waals surface area contributed by atoms with Gasteiger partial charge in [0.2, 0.25) is 5.91 Å². The molecule has 0 heterocycles. The van der Waals surface area contributed by atoms with Crippen LogP contribution in [0.3, 0.4) is 0 Å².